The molecule has 0 aliphatic heterocycles. The van der Waals surface area contributed by atoms with Crippen molar-refractivity contribution in [2.24, 2.45) is 0 Å². The van der Waals surface area contributed by atoms with Gasteiger partial charge in [-0.15, -0.1) is 0 Å². The molecular formula is C45H69Cl2N3O13S. The smallest absolute Gasteiger partial charge is 0.329 e. The molecule has 0 unspecified atom stereocenters. The summed E-state index contributed by atoms with van der Waals surface area (Å²) in [6, 6.07) is 5.83. The Labute approximate surface area is 389 Å². The lowest BCUT2D eigenvalue weighted by Gasteiger charge is -2.19. The maximum absolute atomic E-state index is 13.3. The fourth-order valence-corrected chi connectivity index (χ4v) is 8.24. The SMILES string of the molecule is CC(C)(C)OC(=O)CCCCCCCCCCCCCCCOc1ccc(S(=O)(=O)Cc2ccc(C(=O)NCCOCCOCC(=O)NCCOCCOCC(=O)O)cn2)c(Cl)c1Cl. The average Bonchev–Trinajstić information content (AvgIpc) is 3.23. The van der Waals surface area contributed by atoms with Crippen LogP contribution in [0.25, 0.3) is 0 Å². The van der Waals surface area contributed by atoms with Gasteiger partial charge in [-0.05, 0) is 57.9 Å². The number of halogens is 2. The van der Waals surface area contributed by atoms with Gasteiger partial charge in [0.2, 0.25) is 5.91 Å². The van der Waals surface area contributed by atoms with Crippen LogP contribution < -0.4 is 15.4 Å². The summed E-state index contributed by atoms with van der Waals surface area (Å²) in [4.78, 5) is 50.5. The summed E-state index contributed by atoms with van der Waals surface area (Å²) in [5.41, 5.74) is 0.0405. The fourth-order valence-electron chi connectivity index (χ4n) is 6.09. The highest BCUT2D eigenvalue weighted by Gasteiger charge is 2.24. The average molecular weight is 963 g/mol. The molecule has 0 aliphatic rings. The molecule has 16 nitrogen and oxygen atoms in total. The number of aromatic nitrogens is 1. The van der Waals surface area contributed by atoms with Crippen LogP contribution in [-0.2, 0) is 53.7 Å². The van der Waals surface area contributed by atoms with E-state index < -0.39 is 39.7 Å². The number of rotatable bonds is 37. The first-order chi connectivity index (χ1) is 30.6. The van der Waals surface area contributed by atoms with Crippen molar-refractivity contribution in [3.63, 3.8) is 0 Å². The zero-order valence-electron chi connectivity index (χ0n) is 37.7. The monoisotopic (exact) mass is 961 g/mol. The number of pyridine rings is 1. The molecule has 362 valence electrons. The van der Waals surface area contributed by atoms with Gasteiger partial charge >= 0.3 is 11.9 Å². The summed E-state index contributed by atoms with van der Waals surface area (Å²) in [6.45, 7) is 7.16. The Kier molecular flexibility index (Phi) is 29.1. The molecule has 1 heterocycles. The second-order valence-electron chi connectivity index (χ2n) is 16.1. The van der Waals surface area contributed by atoms with Crippen LogP contribution in [0.15, 0.2) is 35.4 Å². The molecule has 0 saturated heterocycles. The van der Waals surface area contributed by atoms with Crippen LogP contribution in [0, 0.1) is 0 Å². The summed E-state index contributed by atoms with van der Waals surface area (Å²) < 4.78 is 58.5. The standard InChI is InChI=1S/C45H69Cl2N3O13S/c1-45(2,3)63-41(54)17-15-13-11-9-7-5-4-6-8-10-12-14-16-24-62-37-20-21-38(43(47)42(37)46)64(56,57)34-36-19-18-35(31-50-36)44(55)49-23-26-59-27-29-60-32-39(51)48-22-25-58-28-30-61-33-40(52)53/h18-21,31H,4-17,22-30,32-34H2,1-3H3,(H,48,51)(H,49,55)(H,52,53). The minimum Gasteiger partial charge on any atom is -0.492 e. The Bertz CT molecular complexity index is 1780. The van der Waals surface area contributed by atoms with E-state index in [2.05, 4.69) is 15.6 Å². The summed E-state index contributed by atoms with van der Waals surface area (Å²) >= 11 is 12.9. The third-order valence-corrected chi connectivity index (χ3v) is 11.9. The van der Waals surface area contributed by atoms with E-state index in [1.54, 1.807) is 0 Å². The second kappa shape index (κ2) is 33.0. The summed E-state index contributed by atoms with van der Waals surface area (Å²) in [5.74, 6) is -2.04. The lowest BCUT2D eigenvalue weighted by atomic mass is 10.0. The number of carboxylic acid groups (broad SMARTS) is 1. The number of hydrogen-bond acceptors (Lipinski definition) is 13. The minimum absolute atomic E-state index is 0.0299. The number of carbonyl (C=O) groups is 4. The lowest BCUT2D eigenvalue weighted by Crippen LogP contribution is -2.31. The fraction of sp³-hybridized carbons (Fsp3) is 0.667. The van der Waals surface area contributed by atoms with E-state index >= 15 is 0 Å². The zero-order chi connectivity index (χ0) is 47.1. The molecule has 64 heavy (non-hydrogen) atoms. The van der Waals surface area contributed by atoms with Gasteiger partial charge in [0.15, 0.2) is 9.84 Å². The maximum atomic E-state index is 13.3. The first-order valence-corrected chi connectivity index (χ1v) is 24.6. The number of sulfone groups is 1. The molecule has 2 aromatic rings. The van der Waals surface area contributed by atoms with Crippen LogP contribution in [0.3, 0.4) is 0 Å². The topological polar surface area (TPSA) is 215 Å². The van der Waals surface area contributed by atoms with Gasteiger partial charge in [-0.1, -0.05) is 93.8 Å². The number of aliphatic carboxylic acids is 1. The Morgan fingerprint density at radius 2 is 1.20 bits per heavy atom. The predicted octanol–water partition coefficient (Wildman–Crippen LogP) is 7.54. The Balaban J connectivity index is 1.54. The summed E-state index contributed by atoms with van der Waals surface area (Å²) in [7, 11) is -3.94. The maximum Gasteiger partial charge on any atom is 0.329 e. The van der Waals surface area contributed by atoms with E-state index in [-0.39, 0.29) is 97.4 Å². The van der Waals surface area contributed by atoms with E-state index in [4.69, 9.17) is 56.7 Å². The lowest BCUT2D eigenvalue weighted by molar-refractivity contribution is -0.155. The molecular weight excluding hydrogens is 893 g/mol. The first-order valence-electron chi connectivity index (χ1n) is 22.2. The molecule has 0 aliphatic carbocycles. The van der Waals surface area contributed by atoms with E-state index in [0.717, 1.165) is 38.5 Å². The molecule has 0 bridgehead atoms. The van der Waals surface area contributed by atoms with Gasteiger partial charge in [-0.3, -0.25) is 19.4 Å². The molecule has 0 atom stereocenters. The summed E-state index contributed by atoms with van der Waals surface area (Å²) in [6.07, 6.45) is 16.5. The molecule has 0 spiro atoms. The van der Waals surface area contributed by atoms with Crippen LogP contribution in [0.2, 0.25) is 10.0 Å². The highest BCUT2D eigenvalue weighted by Crippen LogP contribution is 2.38. The van der Waals surface area contributed by atoms with Gasteiger partial charge in [0, 0.05) is 25.7 Å². The summed E-state index contributed by atoms with van der Waals surface area (Å²) in [5, 5.41) is 13.7. The number of carbonyl (C=O) groups excluding carboxylic acids is 3. The van der Waals surface area contributed by atoms with Crippen molar-refractivity contribution in [3.8, 4) is 5.75 Å². The number of hydrogen-bond donors (Lipinski definition) is 3. The number of esters is 1. The molecule has 0 fully saturated rings. The number of benzene rings is 1. The van der Waals surface area contributed by atoms with Crippen molar-refractivity contribution in [1.82, 2.24) is 15.6 Å². The van der Waals surface area contributed by atoms with E-state index in [1.165, 1.54) is 75.4 Å². The molecule has 1 aromatic heterocycles. The van der Waals surface area contributed by atoms with Crippen LogP contribution in [-0.4, -0.2) is 120 Å². The molecule has 1 aromatic carbocycles. The highest BCUT2D eigenvalue weighted by molar-refractivity contribution is 7.90. The number of carboxylic acids is 1. The molecule has 2 rings (SSSR count). The number of amides is 2. The van der Waals surface area contributed by atoms with Crippen molar-refractivity contribution in [2.45, 2.75) is 127 Å². The van der Waals surface area contributed by atoms with Crippen LogP contribution in [0.5, 0.6) is 5.75 Å². The Morgan fingerprint density at radius 1 is 0.656 bits per heavy atom. The van der Waals surface area contributed by atoms with Crippen molar-refractivity contribution < 1.29 is 61.1 Å². The normalized spacial score (nSPS) is 11.6. The second-order valence-corrected chi connectivity index (χ2v) is 18.8. The third kappa shape index (κ3) is 27.0. The van der Waals surface area contributed by atoms with Crippen LogP contribution in [0.1, 0.15) is 127 Å². The Hall–Kier alpha value is -3.58. The van der Waals surface area contributed by atoms with E-state index in [0.29, 0.717) is 18.8 Å². The number of unbranched alkanes of at least 4 members (excludes halogenated alkanes) is 12. The van der Waals surface area contributed by atoms with Gasteiger partial charge in [-0.2, -0.15) is 0 Å². The minimum atomic E-state index is -3.94. The van der Waals surface area contributed by atoms with Crippen molar-refractivity contribution >= 4 is 56.8 Å². The molecule has 0 radical (unpaired) electrons. The van der Waals surface area contributed by atoms with Crippen molar-refractivity contribution in [3.05, 3.63) is 51.8 Å². The molecule has 2 amide bonds. The molecule has 0 saturated carbocycles. The largest absolute Gasteiger partial charge is 0.492 e. The van der Waals surface area contributed by atoms with Crippen molar-refractivity contribution in [1.29, 1.82) is 0 Å². The van der Waals surface area contributed by atoms with Gasteiger partial charge in [0.25, 0.3) is 5.91 Å². The molecule has 3 N–H and O–H groups in total. The van der Waals surface area contributed by atoms with E-state index in [9.17, 15) is 27.6 Å². The number of nitrogens with zero attached hydrogens (tertiary/aromatic N) is 1. The quantitative estimate of drug-likeness (QED) is 0.0441. The van der Waals surface area contributed by atoms with Gasteiger partial charge in [0.05, 0.1) is 73.2 Å². The van der Waals surface area contributed by atoms with Gasteiger partial charge in [0.1, 0.15) is 29.6 Å². The van der Waals surface area contributed by atoms with Gasteiger partial charge < -0.3 is 44.2 Å². The van der Waals surface area contributed by atoms with Crippen LogP contribution >= 0.6 is 23.2 Å². The molecule has 19 heteroatoms. The van der Waals surface area contributed by atoms with Gasteiger partial charge in [-0.25, -0.2) is 13.2 Å². The van der Waals surface area contributed by atoms with E-state index in [1.807, 2.05) is 20.8 Å². The van der Waals surface area contributed by atoms with Crippen LogP contribution in [0.4, 0.5) is 0 Å². The predicted molar refractivity (Wildman–Crippen MR) is 244 cm³/mol. The first kappa shape index (κ1) is 56.5. The number of nitrogens with one attached hydrogen (secondary N) is 2. The number of ether oxygens (including phenoxy) is 6. The highest BCUT2D eigenvalue weighted by atomic mass is 35.5. The Morgan fingerprint density at radius 3 is 1.77 bits per heavy atom. The third-order valence-electron chi connectivity index (χ3n) is 9.28. The van der Waals surface area contributed by atoms with Crippen molar-refractivity contribution in [2.75, 3.05) is 72.6 Å². The zero-order valence-corrected chi connectivity index (χ0v) is 40.1.